The van der Waals surface area contributed by atoms with E-state index < -0.39 is 0 Å². The number of benzene rings is 1. The third-order valence-corrected chi connectivity index (χ3v) is 3.79. The molecule has 1 saturated carbocycles. The maximum Gasteiger partial charge on any atom is 0.255 e. The minimum atomic E-state index is -0.198. The molecule has 1 aliphatic carbocycles. The van der Waals surface area contributed by atoms with E-state index in [1.165, 1.54) is 6.26 Å². The fourth-order valence-corrected chi connectivity index (χ4v) is 2.72. The maximum atomic E-state index is 12.1. The summed E-state index contributed by atoms with van der Waals surface area (Å²) in [5, 5.41) is 13.2. The van der Waals surface area contributed by atoms with E-state index in [1.54, 1.807) is 0 Å². The molecule has 1 fully saturated rings. The minimum absolute atomic E-state index is 0.105. The smallest absolute Gasteiger partial charge is 0.255 e. The molecule has 1 amide bonds. The van der Waals surface area contributed by atoms with E-state index in [0.29, 0.717) is 18.0 Å². The van der Waals surface area contributed by atoms with Gasteiger partial charge in [0.25, 0.3) is 5.91 Å². The second-order valence-corrected chi connectivity index (χ2v) is 5.19. The Morgan fingerprint density at radius 3 is 3.00 bits per heavy atom. The van der Waals surface area contributed by atoms with E-state index in [9.17, 15) is 9.90 Å². The molecule has 1 aliphatic rings. The Morgan fingerprint density at radius 1 is 1.37 bits per heavy atom. The molecule has 4 nitrogen and oxygen atoms in total. The Morgan fingerprint density at radius 2 is 2.21 bits per heavy atom. The fraction of sp³-hybridized carbons (Fsp3) is 0.400. The number of hydrogen-bond acceptors (Lipinski definition) is 3. The number of aliphatic hydroxyl groups is 1. The van der Waals surface area contributed by atoms with Gasteiger partial charge in [0.2, 0.25) is 0 Å². The van der Waals surface area contributed by atoms with Crippen molar-refractivity contribution in [2.75, 3.05) is 6.54 Å². The zero-order valence-corrected chi connectivity index (χ0v) is 10.6. The lowest BCUT2D eigenvalue weighted by Crippen LogP contribution is -2.28. The summed E-state index contributed by atoms with van der Waals surface area (Å²) in [6.45, 7) is 0.620. The van der Waals surface area contributed by atoms with Gasteiger partial charge >= 0.3 is 0 Å². The fourth-order valence-electron chi connectivity index (χ4n) is 2.72. The molecule has 0 spiro atoms. The van der Waals surface area contributed by atoms with Crippen LogP contribution in [0.5, 0.6) is 0 Å². The average Bonchev–Trinajstić information content (AvgIpc) is 3.02. The SMILES string of the molecule is O=C(NCC1CCC(O)C1)c1coc2ccccc12. The van der Waals surface area contributed by atoms with Gasteiger partial charge in [0.15, 0.2) is 0 Å². The van der Waals surface area contributed by atoms with E-state index >= 15 is 0 Å². The molecule has 2 atom stereocenters. The highest BCUT2D eigenvalue weighted by Crippen LogP contribution is 2.25. The summed E-state index contributed by atoms with van der Waals surface area (Å²) >= 11 is 0. The highest BCUT2D eigenvalue weighted by molar-refractivity contribution is 6.05. The van der Waals surface area contributed by atoms with E-state index in [2.05, 4.69) is 5.32 Å². The molecule has 0 radical (unpaired) electrons. The number of amides is 1. The molecule has 0 aliphatic heterocycles. The van der Waals surface area contributed by atoms with Gasteiger partial charge in [-0.05, 0) is 31.2 Å². The van der Waals surface area contributed by atoms with Crippen LogP contribution in [-0.4, -0.2) is 23.7 Å². The molecular formula is C15H17NO3. The van der Waals surface area contributed by atoms with Crippen molar-refractivity contribution < 1.29 is 14.3 Å². The molecule has 4 heteroatoms. The topological polar surface area (TPSA) is 62.5 Å². The number of rotatable bonds is 3. The summed E-state index contributed by atoms with van der Waals surface area (Å²) in [6.07, 6.45) is 3.91. The monoisotopic (exact) mass is 259 g/mol. The van der Waals surface area contributed by atoms with Crippen LogP contribution in [0.3, 0.4) is 0 Å². The van der Waals surface area contributed by atoms with Gasteiger partial charge in [-0.3, -0.25) is 4.79 Å². The lowest BCUT2D eigenvalue weighted by Gasteiger charge is -2.10. The van der Waals surface area contributed by atoms with Crippen molar-refractivity contribution in [2.45, 2.75) is 25.4 Å². The molecule has 2 unspecified atom stereocenters. The largest absolute Gasteiger partial charge is 0.463 e. The average molecular weight is 259 g/mol. The molecule has 19 heavy (non-hydrogen) atoms. The summed E-state index contributed by atoms with van der Waals surface area (Å²) in [7, 11) is 0. The standard InChI is InChI=1S/C15H17NO3/c17-11-6-5-10(7-11)8-16-15(18)13-9-19-14-4-2-1-3-12(13)14/h1-4,9-11,17H,5-8H2,(H,16,18). The van der Waals surface area contributed by atoms with Gasteiger partial charge < -0.3 is 14.8 Å². The number of carbonyl (C=O) groups excluding carboxylic acids is 1. The number of fused-ring (bicyclic) bond motifs is 1. The van der Waals surface area contributed by atoms with Gasteiger partial charge in [-0.25, -0.2) is 0 Å². The predicted molar refractivity (Wildman–Crippen MR) is 71.9 cm³/mol. The Hall–Kier alpha value is -1.81. The third kappa shape index (κ3) is 2.49. The van der Waals surface area contributed by atoms with Gasteiger partial charge in [-0.2, -0.15) is 0 Å². The number of nitrogens with one attached hydrogen (secondary N) is 1. The lowest BCUT2D eigenvalue weighted by molar-refractivity contribution is 0.0946. The van der Waals surface area contributed by atoms with E-state index in [-0.39, 0.29) is 12.0 Å². The van der Waals surface area contributed by atoms with Crippen LogP contribution in [0.15, 0.2) is 34.9 Å². The normalized spacial score (nSPS) is 22.8. The number of aliphatic hydroxyl groups excluding tert-OH is 1. The second kappa shape index (κ2) is 5.05. The van der Waals surface area contributed by atoms with Crippen molar-refractivity contribution in [3.05, 3.63) is 36.1 Å². The number of para-hydroxylation sites is 1. The number of hydrogen-bond donors (Lipinski definition) is 2. The summed E-state index contributed by atoms with van der Waals surface area (Å²) in [5.41, 5.74) is 1.30. The van der Waals surface area contributed by atoms with E-state index in [1.807, 2.05) is 24.3 Å². The first-order valence-electron chi connectivity index (χ1n) is 6.66. The van der Waals surface area contributed by atoms with Crippen LogP contribution in [0.4, 0.5) is 0 Å². The molecule has 1 aromatic carbocycles. The van der Waals surface area contributed by atoms with Crippen LogP contribution in [0, 0.1) is 5.92 Å². The lowest BCUT2D eigenvalue weighted by atomic mass is 10.1. The van der Waals surface area contributed by atoms with Crippen LogP contribution in [0.25, 0.3) is 11.0 Å². The molecular weight excluding hydrogens is 242 g/mol. The van der Waals surface area contributed by atoms with Crippen molar-refractivity contribution in [1.29, 1.82) is 0 Å². The summed E-state index contributed by atoms with van der Waals surface area (Å²) in [6, 6.07) is 7.50. The Labute approximate surface area is 111 Å². The van der Waals surface area contributed by atoms with Crippen LogP contribution >= 0.6 is 0 Å². The first-order chi connectivity index (χ1) is 9.24. The van der Waals surface area contributed by atoms with Crippen molar-refractivity contribution in [3.63, 3.8) is 0 Å². The van der Waals surface area contributed by atoms with Crippen LogP contribution in [-0.2, 0) is 0 Å². The molecule has 1 aromatic heterocycles. The van der Waals surface area contributed by atoms with Gasteiger partial charge in [0.1, 0.15) is 11.8 Å². The van der Waals surface area contributed by atoms with Crippen molar-refractivity contribution in [2.24, 2.45) is 5.92 Å². The van der Waals surface area contributed by atoms with Gasteiger partial charge in [0.05, 0.1) is 11.7 Å². The third-order valence-electron chi connectivity index (χ3n) is 3.79. The molecule has 0 saturated heterocycles. The Balaban J connectivity index is 1.67. The Kier molecular flexibility index (Phi) is 3.25. The number of carbonyl (C=O) groups is 1. The molecule has 100 valence electrons. The van der Waals surface area contributed by atoms with Crippen LogP contribution in [0.1, 0.15) is 29.6 Å². The van der Waals surface area contributed by atoms with E-state index in [0.717, 1.165) is 30.2 Å². The molecule has 2 aromatic rings. The van der Waals surface area contributed by atoms with E-state index in [4.69, 9.17) is 4.42 Å². The second-order valence-electron chi connectivity index (χ2n) is 5.19. The first kappa shape index (κ1) is 12.2. The molecule has 0 bridgehead atoms. The van der Waals surface area contributed by atoms with Crippen molar-refractivity contribution in [3.8, 4) is 0 Å². The zero-order valence-electron chi connectivity index (χ0n) is 10.6. The molecule has 2 N–H and O–H groups in total. The van der Waals surface area contributed by atoms with Crippen LogP contribution < -0.4 is 5.32 Å². The van der Waals surface area contributed by atoms with Crippen molar-refractivity contribution >= 4 is 16.9 Å². The first-order valence-corrected chi connectivity index (χ1v) is 6.66. The van der Waals surface area contributed by atoms with Gasteiger partial charge in [-0.1, -0.05) is 18.2 Å². The highest BCUT2D eigenvalue weighted by atomic mass is 16.3. The van der Waals surface area contributed by atoms with Crippen molar-refractivity contribution in [1.82, 2.24) is 5.32 Å². The summed E-state index contributed by atoms with van der Waals surface area (Å²) < 4.78 is 5.36. The van der Waals surface area contributed by atoms with Gasteiger partial charge in [0, 0.05) is 11.9 Å². The summed E-state index contributed by atoms with van der Waals surface area (Å²) in [5.74, 6) is 0.281. The maximum absolute atomic E-state index is 12.1. The van der Waals surface area contributed by atoms with Gasteiger partial charge in [-0.15, -0.1) is 0 Å². The zero-order chi connectivity index (χ0) is 13.2. The Bertz CT molecular complexity index is 590. The molecule has 1 heterocycles. The minimum Gasteiger partial charge on any atom is -0.463 e. The molecule has 3 rings (SSSR count). The summed E-state index contributed by atoms with van der Waals surface area (Å²) in [4.78, 5) is 12.1. The highest BCUT2D eigenvalue weighted by Gasteiger charge is 2.23. The van der Waals surface area contributed by atoms with Crippen LogP contribution in [0.2, 0.25) is 0 Å². The quantitative estimate of drug-likeness (QED) is 0.889. The number of furan rings is 1. The predicted octanol–water partition coefficient (Wildman–Crippen LogP) is 2.32.